The summed E-state index contributed by atoms with van der Waals surface area (Å²) in [4.78, 5) is 0. The molecule has 0 unspecified atom stereocenters. The van der Waals surface area contributed by atoms with Gasteiger partial charge in [0.15, 0.2) is 11.5 Å². The van der Waals surface area contributed by atoms with Crippen molar-refractivity contribution in [3.8, 4) is 17.2 Å². The minimum atomic E-state index is -0.247. The summed E-state index contributed by atoms with van der Waals surface area (Å²) in [5.74, 6) is 2.14. The highest BCUT2D eigenvalue weighted by Crippen LogP contribution is 2.33. The number of hydrogen-bond donors (Lipinski definition) is 1. The lowest BCUT2D eigenvalue weighted by molar-refractivity contribution is -0.00000861. The Morgan fingerprint density at radius 2 is 1.59 bits per heavy atom. The van der Waals surface area contributed by atoms with Gasteiger partial charge < -0.3 is 31.9 Å². The van der Waals surface area contributed by atoms with Gasteiger partial charge in [0.05, 0.1) is 0 Å². The van der Waals surface area contributed by atoms with E-state index < -0.39 is 0 Å². The molecular weight excluding hydrogens is 429 g/mol. The maximum absolute atomic E-state index is 13.2. The third-order valence-corrected chi connectivity index (χ3v) is 5.37. The fourth-order valence-electron chi connectivity index (χ4n) is 3.76. The minimum Gasteiger partial charge on any atom is -1.00 e. The molecular formula is C26H22ClFNO3-. The lowest BCUT2D eigenvalue weighted by atomic mass is 10.0. The van der Waals surface area contributed by atoms with Crippen LogP contribution in [0, 0.1) is 5.82 Å². The smallest absolute Gasteiger partial charge is 0.231 e. The van der Waals surface area contributed by atoms with Gasteiger partial charge in [-0.15, -0.1) is 0 Å². The summed E-state index contributed by atoms with van der Waals surface area (Å²) in [6.45, 7) is 2.00. The summed E-state index contributed by atoms with van der Waals surface area (Å²) in [5, 5.41) is 5.84. The number of benzene rings is 4. The molecule has 0 saturated heterocycles. The summed E-state index contributed by atoms with van der Waals surface area (Å²) >= 11 is 0. The molecule has 6 heteroatoms. The molecule has 4 nitrogen and oxygen atoms in total. The van der Waals surface area contributed by atoms with Gasteiger partial charge in [-0.3, -0.25) is 0 Å². The van der Waals surface area contributed by atoms with Crippen LogP contribution in [-0.2, 0) is 19.7 Å². The Hall–Kier alpha value is -3.28. The molecule has 0 atom stereocenters. The van der Waals surface area contributed by atoms with Crippen LogP contribution in [0.5, 0.6) is 17.2 Å². The fourth-order valence-corrected chi connectivity index (χ4v) is 3.76. The quantitative estimate of drug-likeness (QED) is 0.470. The van der Waals surface area contributed by atoms with E-state index >= 15 is 0 Å². The van der Waals surface area contributed by atoms with Crippen LogP contribution in [0.4, 0.5) is 4.39 Å². The van der Waals surface area contributed by atoms with Crippen LogP contribution in [0.1, 0.15) is 16.7 Å². The van der Waals surface area contributed by atoms with Crippen molar-refractivity contribution >= 4 is 10.8 Å². The molecule has 1 N–H and O–H groups in total. The molecule has 0 aliphatic carbocycles. The van der Waals surface area contributed by atoms with E-state index in [1.807, 2.05) is 36.4 Å². The minimum absolute atomic E-state index is 0. The van der Waals surface area contributed by atoms with E-state index in [0.29, 0.717) is 19.7 Å². The predicted octanol–water partition coefficient (Wildman–Crippen LogP) is 2.58. The van der Waals surface area contributed by atoms with Crippen LogP contribution < -0.4 is 31.9 Å². The van der Waals surface area contributed by atoms with E-state index in [2.05, 4.69) is 23.5 Å². The molecule has 0 aromatic heterocycles. The largest absolute Gasteiger partial charge is 1.00 e. The molecule has 0 spiro atoms. The lowest BCUT2D eigenvalue weighted by Crippen LogP contribution is -3.00. The monoisotopic (exact) mass is 450 g/mol. The standard InChI is InChI=1S/C26H22FNO3.ClH/c27-21-9-5-18(6-10-21)16-29-24-12-8-20-3-1-2-4-22(20)23(24)15-28-14-19-7-11-25-26(13-19)31-17-30-25;/h1-13,28H,14-17H2;1H/p-1. The van der Waals surface area contributed by atoms with E-state index in [4.69, 9.17) is 14.2 Å². The number of ether oxygens (including phenoxy) is 3. The topological polar surface area (TPSA) is 39.7 Å². The van der Waals surface area contributed by atoms with E-state index in [1.54, 1.807) is 12.1 Å². The fraction of sp³-hybridized carbons (Fsp3) is 0.154. The Kier molecular flexibility index (Phi) is 6.78. The molecule has 0 saturated carbocycles. The summed E-state index contributed by atoms with van der Waals surface area (Å²) in [6.07, 6.45) is 0. The Balaban J connectivity index is 0.00000245. The van der Waals surface area contributed by atoms with E-state index in [9.17, 15) is 4.39 Å². The summed E-state index contributed by atoms with van der Waals surface area (Å²) in [5.41, 5.74) is 3.15. The van der Waals surface area contributed by atoms with Gasteiger partial charge in [0.25, 0.3) is 0 Å². The summed E-state index contributed by atoms with van der Waals surface area (Å²) < 4.78 is 30.2. The predicted molar refractivity (Wildman–Crippen MR) is 118 cm³/mol. The average Bonchev–Trinajstić information content (AvgIpc) is 3.27. The third kappa shape index (κ3) is 4.79. The molecule has 1 heterocycles. The number of halogens is 2. The van der Waals surface area contributed by atoms with Crippen molar-refractivity contribution in [3.63, 3.8) is 0 Å². The number of rotatable bonds is 7. The molecule has 1 aliphatic rings. The zero-order chi connectivity index (χ0) is 21.0. The van der Waals surface area contributed by atoms with Gasteiger partial charge in [-0.25, -0.2) is 4.39 Å². The maximum atomic E-state index is 13.2. The van der Waals surface area contributed by atoms with E-state index in [0.717, 1.165) is 44.7 Å². The van der Waals surface area contributed by atoms with Crippen LogP contribution in [0.15, 0.2) is 78.9 Å². The van der Waals surface area contributed by atoms with Gasteiger partial charge >= 0.3 is 0 Å². The van der Waals surface area contributed by atoms with Crippen LogP contribution in [0.25, 0.3) is 10.8 Å². The molecule has 0 radical (unpaired) electrons. The first-order valence-electron chi connectivity index (χ1n) is 10.2. The van der Waals surface area contributed by atoms with Crippen molar-refractivity contribution in [2.75, 3.05) is 6.79 Å². The van der Waals surface area contributed by atoms with Crippen molar-refractivity contribution < 1.29 is 31.0 Å². The van der Waals surface area contributed by atoms with Crippen LogP contribution >= 0.6 is 0 Å². The van der Waals surface area contributed by atoms with Crippen molar-refractivity contribution in [3.05, 3.63) is 101 Å². The van der Waals surface area contributed by atoms with Crippen molar-refractivity contribution in [1.82, 2.24) is 5.32 Å². The van der Waals surface area contributed by atoms with Crippen LogP contribution in [-0.4, -0.2) is 6.79 Å². The van der Waals surface area contributed by atoms with Gasteiger partial charge in [-0.2, -0.15) is 0 Å². The number of fused-ring (bicyclic) bond motifs is 2. The third-order valence-electron chi connectivity index (χ3n) is 5.37. The second-order valence-electron chi connectivity index (χ2n) is 7.47. The molecule has 0 fully saturated rings. The Morgan fingerprint density at radius 1 is 0.812 bits per heavy atom. The van der Waals surface area contributed by atoms with E-state index in [1.165, 1.54) is 12.1 Å². The molecule has 4 aromatic rings. The van der Waals surface area contributed by atoms with Gasteiger partial charge in [0.1, 0.15) is 18.2 Å². The van der Waals surface area contributed by atoms with Gasteiger partial charge in [-0.05, 0) is 52.2 Å². The van der Waals surface area contributed by atoms with Crippen molar-refractivity contribution in [1.29, 1.82) is 0 Å². The molecule has 4 aromatic carbocycles. The van der Waals surface area contributed by atoms with Gasteiger partial charge in [-0.1, -0.05) is 48.5 Å². The average molecular weight is 451 g/mol. The van der Waals surface area contributed by atoms with Crippen LogP contribution in [0.3, 0.4) is 0 Å². The van der Waals surface area contributed by atoms with E-state index in [-0.39, 0.29) is 25.0 Å². The number of nitrogens with one attached hydrogen (secondary N) is 1. The van der Waals surface area contributed by atoms with Gasteiger partial charge in [0.2, 0.25) is 6.79 Å². The Bertz CT molecular complexity index is 1210. The molecule has 0 bridgehead atoms. The SMILES string of the molecule is Fc1ccc(COc2ccc3ccccc3c2CNCc2ccc3c(c2)OCO3)cc1.[Cl-]. The highest BCUT2D eigenvalue weighted by molar-refractivity contribution is 5.87. The second-order valence-corrected chi connectivity index (χ2v) is 7.47. The summed E-state index contributed by atoms with van der Waals surface area (Å²) in [6, 6.07) is 24.7. The van der Waals surface area contributed by atoms with Crippen LogP contribution in [0.2, 0.25) is 0 Å². The zero-order valence-electron chi connectivity index (χ0n) is 17.3. The lowest BCUT2D eigenvalue weighted by Gasteiger charge is -2.15. The first kappa shape index (κ1) is 21.9. The second kappa shape index (κ2) is 9.90. The molecule has 5 rings (SSSR count). The summed E-state index contributed by atoms with van der Waals surface area (Å²) in [7, 11) is 0. The zero-order valence-corrected chi connectivity index (χ0v) is 18.1. The molecule has 0 amide bonds. The molecule has 32 heavy (non-hydrogen) atoms. The Morgan fingerprint density at radius 3 is 2.47 bits per heavy atom. The van der Waals surface area contributed by atoms with Gasteiger partial charge in [0, 0.05) is 18.7 Å². The number of hydrogen-bond acceptors (Lipinski definition) is 4. The maximum Gasteiger partial charge on any atom is 0.231 e. The Labute approximate surface area is 192 Å². The molecule has 164 valence electrons. The first-order chi connectivity index (χ1) is 15.3. The highest BCUT2D eigenvalue weighted by atomic mass is 35.5. The molecule has 1 aliphatic heterocycles. The normalized spacial score (nSPS) is 11.9. The van der Waals surface area contributed by atoms with Crippen molar-refractivity contribution in [2.45, 2.75) is 19.7 Å². The van der Waals surface area contributed by atoms with Crippen molar-refractivity contribution in [2.24, 2.45) is 0 Å². The highest BCUT2D eigenvalue weighted by Gasteiger charge is 2.14. The first-order valence-corrected chi connectivity index (χ1v) is 10.2.